The molecule has 0 saturated heterocycles. The van der Waals surface area contributed by atoms with Gasteiger partial charge in [-0.05, 0) is 20.0 Å². The highest BCUT2D eigenvalue weighted by Crippen LogP contribution is 1.91. The molecule has 0 aliphatic rings. The zero-order valence-corrected chi connectivity index (χ0v) is 9.78. The molecule has 0 saturated carbocycles. The van der Waals surface area contributed by atoms with Crippen LogP contribution in [0.15, 0.2) is 0 Å². The van der Waals surface area contributed by atoms with Crippen molar-refractivity contribution in [1.29, 1.82) is 0 Å². The molecular weight excluding hydrogens is 210 g/mol. The van der Waals surface area contributed by atoms with Crippen LogP contribution in [0.3, 0.4) is 0 Å². The predicted octanol–water partition coefficient (Wildman–Crippen LogP) is 0.102. The van der Waals surface area contributed by atoms with Gasteiger partial charge in [0.25, 0.3) is 0 Å². The summed E-state index contributed by atoms with van der Waals surface area (Å²) in [4.78, 5) is 1.97. The van der Waals surface area contributed by atoms with Crippen molar-refractivity contribution < 1.29 is 22.3 Å². The molecule has 0 aromatic heterocycles. The molecule has 0 fully saturated rings. The summed E-state index contributed by atoms with van der Waals surface area (Å²) in [6.45, 7) is 7.71. The Labute approximate surface area is 85.4 Å². The van der Waals surface area contributed by atoms with Crippen molar-refractivity contribution in [3.05, 3.63) is 0 Å². The Balaban J connectivity index is 0. The molecule has 0 radical (unpaired) electrons. The molecule has 0 rings (SSSR count). The van der Waals surface area contributed by atoms with Crippen LogP contribution in [0.4, 0.5) is 0 Å². The lowest BCUT2D eigenvalue weighted by Gasteiger charge is -2.20. The van der Waals surface area contributed by atoms with Gasteiger partial charge in [-0.1, -0.05) is 13.8 Å². The fourth-order valence-electron chi connectivity index (χ4n) is 0.752. The van der Waals surface area contributed by atoms with Gasteiger partial charge >= 0.3 is 10.4 Å². The van der Waals surface area contributed by atoms with Gasteiger partial charge in [0.05, 0.1) is 7.11 Å². The molecule has 1 unspecified atom stereocenters. The van der Waals surface area contributed by atoms with Crippen molar-refractivity contribution >= 4 is 10.4 Å². The van der Waals surface area contributed by atoms with E-state index in [1.165, 1.54) is 0 Å². The standard InChI is InChI=1S/C6H15NO.CH4O4S/c1-4-7(5-2)6(3)8;1-5-6(2,3)4/h6,8H,4-5H2,1-3H3;1H3,(H,2,3,4). The summed E-state index contributed by atoms with van der Waals surface area (Å²) < 4.78 is 29.7. The largest absolute Gasteiger partial charge is 0.397 e. The highest BCUT2D eigenvalue weighted by atomic mass is 32.3. The third-order valence-corrected chi connectivity index (χ3v) is 1.97. The maximum Gasteiger partial charge on any atom is 0.397 e. The average Bonchev–Trinajstić information content (AvgIpc) is 2.06. The molecule has 2 N–H and O–H groups in total. The van der Waals surface area contributed by atoms with Crippen LogP contribution >= 0.6 is 0 Å². The quantitative estimate of drug-likeness (QED) is 0.525. The molecule has 0 spiro atoms. The molecule has 0 aromatic rings. The Hall–Kier alpha value is -0.210. The summed E-state index contributed by atoms with van der Waals surface area (Å²) in [5.41, 5.74) is 0. The van der Waals surface area contributed by atoms with Gasteiger partial charge in [-0.25, -0.2) is 0 Å². The topological polar surface area (TPSA) is 87.1 Å². The van der Waals surface area contributed by atoms with Crippen LogP contribution in [-0.4, -0.2) is 49.4 Å². The lowest BCUT2D eigenvalue weighted by atomic mass is 10.5. The highest BCUT2D eigenvalue weighted by Gasteiger charge is 2.02. The van der Waals surface area contributed by atoms with Crippen LogP contribution in [0, 0.1) is 0 Å². The van der Waals surface area contributed by atoms with Crippen LogP contribution in [0.5, 0.6) is 0 Å². The second-order valence-corrected chi connectivity index (χ2v) is 3.64. The van der Waals surface area contributed by atoms with E-state index in [0.29, 0.717) is 0 Å². The molecule has 14 heavy (non-hydrogen) atoms. The summed E-state index contributed by atoms with van der Waals surface area (Å²) in [5, 5.41) is 8.94. The molecule has 88 valence electrons. The van der Waals surface area contributed by atoms with Crippen molar-refractivity contribution in [1.82, 2.24) is 4.90 Å². The van der Waals surface area contributed by atoms with Gasteiger partial charge in [-0.2, -0.15) is 8.42 Å². The third kappa shape index (κ3) is 11.8. The van der Waals surface area contributed by atoms with Crippen LogP contribution < -0.4 is 0 Å². The Morgan fingerprint density at radius 1 is 1.36 bits per heavy atom. The first-order valence-electron chi connectivity index (χ1n) is 4.23. The first-order valence-corrected chi connectivity index (χ1v) is 5.60. The highest BCUT2D eigenvalue weighted by molar-refractivity contribution is 7.80. The Morgan fingerprint density at radius 2 is 1.64 bits per heavy atom. The molecule has 0 amide bonds. The molecular formula is C7H19NO5S. The predicted molar refractivity (Wildman–Crippen MR) is 53.2 cm³/mol. The number of aliphatic hydroxyl groups is 1. The summed E-state index contributed by atoms with van der Waals surface area (Å²) in [6.07, 6.45) is -0.287. The lowest BCUT2D eigenvalue weighted by molar-refractivity contribution is 0.0265. The van der Waals surface area contributed by atoms with E-state index >= 15 is 0 Å². The zero-order chi connectivity index (χ0) is 11.8. The van der Waals surface area contributed by atoms with E-state index < -0.39 is 10.4 Å². The summed E-state index contributed by atoms with van der Waals surface area (Å²) in [7, 11) is -3.29. The lowest BCUT2D eigenvalue weighted by Crippen LogP contribution is -2.32. The van der Waals surface area contributed by atoms with Crippen molar-refractivity contribution in [3.8, 4) is 0 Å². The maximum absolute atomic E-state index is 9.33. The van der Waals surface area contributed by atoms with Gasteiger partial charge in [0.15, 0.2) is 0 Å². The molecule has 1 atom stereocenters. The van der Waals surface area contributed by atoms with Crippen LogP contribution in [0.25, 0.3) is 0 Å². The third-order valence-electron chi connectivity index (χ3n) is 1.55. The van der Waals surface area contributed by atoms with E-state index in [1.54, 1.807) is 6.92 Å². The van der Waals surface area contributed by atoms with Gasteiger partial charge in [0.2, 0.25) is 0 Å². The van der Waals surface area contributed by atoms with E-state index in [-0.39, 0.29) is 6.23 Å². The fourth-order valence-corrected chi connectivity index (χ4v) is 0.752. The van der Waals surface area contributed by atoms with E-state index in [9.17, 15) is 8.42 Å². The minimum atomic E-state index is -4.16. The molecule has 6 nitrogen and oxygen atoms in total. The molecule has 0 aliphatic carbocycles. The van der Waals surface area contributed by atoms with Gasteiger partial charge in [0, 0.05) is 0 Å². The van der Waals surface area contributed by atoms with Crippen molar-refractivity contribution in [3.63, 3.8) is 0 Å². The van der Waals surface area contributed by atoms with Gasteiger partial charge in [0.1, 0.15) is 6.23 Å². The number of hydrogen-bond donors (Lipinski definition) is 2. The van der Waals surface area contributed by atoms with Gasteiger partial charge < -0.3 is 5.11 Å². The first kappa shape index (κ1) is 16.2. The first-order chi connectivity index (χ1) is 6.28. The van der Waals surface area contributed by atoms with Crippen molar-refractivity contribution in [2.24, 2.45) is 0 Å². The second kappa shape index (κ2) is 8.13. The maximum atomic E-state index is 9.33. The Bertz CT molecular complexity index is 210. The molecule has 0 aromatic carbocycles. The number of rotatable bonds is 4. The fraction of sp³-hybridized carbons (Fsp3) is 1.00. The Kier molecular flexibility index (Phi) is 9.42. The van der Waals surface area contributed by atoms with E-state index in [1.807, 2.05) is 18.7 Å². The van der Waals surface area contributed by atoms with Crippen molar-refractivity contribution in [2.75, 3.05) is 20.2 Å². The van der Waals surface area contributed by atoms with E-state index in [0.717, 1.165) is 20.2 Å². The number of nitrogens with zero attached hydrogens (tertiary/aromatic N) is 1. The van der Waals surface area contributed by atoms with Gasteiger partial charge in [-0.15, -0.1) is 0 Å². The van der Waals surface area contributed by atoms with Crippen LogP contribution in [-0.2, 0) is 14.6 Å². The molecule has 0 heterocycles. The minimum absolute atomic E-state index is 0.287. The minimum Gasteiger partial charge on any atom is -0.379 e. The second-order valence-electron chi connectivity index (χ2n) is 2.45. The Morgan fingerprint density at radius 3 is 1.64 bits per heavy atom. The van der Waals surface area contributed by atoms with Crippen molar-refractivity contribution in [2.45, 2.75) is 27.0 Å². The van der Waals surface area contributed by atoms with Gasteiger partial charge in [-0.3, -0.25) is 13.6 Å². The van der Waals surface area contributed by atoms with E-state index in [4.69, 9.17) is 9.66 Å². The normalized spacial score (nSPS) is 13.4. The van der Waals surface area contributed by atoms with Crippen LogP contribution in [0.2, 0.25) is 0 Å². The summed E-state index contributed by atoms with van der Waals surface area (Å²) >= 11 is 0. The number of aliphatic hydroxyl groups excluding tert-OH is 1. The summed E-state index contributed by atoms with van der Waals surface area (Å²) in [6, 6.07) is 0. The smallest absolute Gasteiger partial charge is 0.379 e. The van der Waals surface area contributed by atoms with Crippen LogP contribution in [0.1, 0.15) is 20.8 Å². The van der Waals surface area contributed by atoms with E-state index in [2.05, 4.69) is 4.18 Å². The molecule has 0 aliphatic heterocycles. The summed E-state index contributed by atoms with van der Waals surface area (Å²) in [5.74, 6) is 0. The molecule has 7 heteroatoms. The molecule has 0 bridgehead atoms. The zero-order valence-electron chi connectivity index (χ0n) is 8.97. The monoisotopic (exact) mass is 229 g/mol. The average molecular weight is 229 g/mol. The number of hydrogen-bond acceptors (Lipinski definition) is 5. The SMILES string of the molecule is CCN(CC)C(C)O.COS(=O)(=O)O.